The lowest BCUT2D eigenvalue weighted by atomic mass is 10.1. The first-order valence-corrected chi connectivity index (χ1v) is 9.36. The van der Waals surface area contributed by atoms with Gasteiger partial charge in [-0.3, -0.25) is 4.90 Å². The highest BCUT2D eigenvalue weighted by Crippen LogP contribution is 2.40. The van der Waals surface area contributed by atoms with Crippen LogP contribution in [0, 0.1) is 0 Å². The number of nitrogens with one attached hydrogen (secondary N) is 1. The van der Waals surface area contributed by atoms with Crippen molar-refractivity contribution in [2.45, 2.75) is 18.9 Å². The Morgan fingerprint density at radius 2 is 1.89 bits per heavy atom. The molecule has 7 heteroatoms. The molecule has 142 valence electrons. The second kappa shape index (κ2) is 7.19. The molecule has 0 saturated carbocycles. The van der Waals surface area contributed by atoms with Gasteiger partial charge in [-0.15, -0.1) is 0 Å². The molecule has 0 radical (unpaired) electrons. The van der Waals surface area contributed by atoms with Crippen LogP contribution in [-0.4, -0.2) is 39.4 Å². The number of hydrogen-bond donors (Lipinski definition) is 1. The summed E-state index contributed by atoms with van der Waals surface area (Å²) in [5, 5.41) is 3.36. The highest BCUT2D eigenvalue weighted by Gasteiger charge is 2.36. The Bertz CT molecular complexity index is 874. The highest BCUT2D eigenvalue weighted by molar-refractivity contribution is 6.32. The van der Waals surface area contributed by atoms with Gasteiger partial charge in [0.15, 0.2) is 0 Å². The summed E-state index contributed by atoms with van der Waals surface area (Å²) < 4.78 is 10.6. The van der Waals surface area contributed by atoms with E-state index in [0.29, 0.717) is 34.8 Å². The first-order valence-electron chi connectivity index (χ1n) is 8.98. The minimum absolute atomic E-state index is 0.200. The lowest BCUT2D eigenvalue weighted by molar-refractivity contribution is 0.256. The van der Waals surface area contributed by atoms with Crippen LogP contribution in [0.25, 0.3) is 0 Å². The molecule has 2 aliphatic rings. The van der Waals surface area contributed by atoms with Gasteiger partial charge in [0.2, 0.25) is 0 Å². The number of nitrogens with zero attached hydrogens (tertiary/aromatic N) is 2. The second-order valence-electron chi connectivity index (χ2n) is 6.71. The molecule has 2 aromatic carbocycles. The van der Waals surface area contributed by atoms with Gasteiger partial charge in [-0.1, -0.05) is 23.7 Å². The summed E-state index contributed by atoms with van der Waals surface area (Å²) in [6.45, 7) is 1.70. The molecule has 0 aliphatic carbocycles. The Labute approximate surface area is 163 Å². The van der Waals surface area contributed by atoms with Crippen LogP contribution in [0.2, 0.25) is 5.02 Å². The summed E-state index contributed by atoms with van der Waals surface area (Å²) in [6, 6.07) is 11.5. The minimum Gasteiger partial charge on any atom is -0.495 e. The molecule has 0 aromatic heterocycles. The summed E-state index contributed by atoms with van der Waals surface area (Å²) in [5.41, 5.74) is 2.55. The average molecular weight is 388 g/mol. The molecule has 1 fully saturated rings. The number of carbonyl (C=O) groups is 1. The standard InChI is InChI=1S/C20H22ClN3O3/c1-26-18-11-19(27-2)15(10-14(18)21)22-20(25)24-12-13-6-5-9-23(13)16-7-3-4-8-17(16)24/h3-4,7-8,10-11,13H,5-6,9,12H2,1-2H3,(H,22,25)/t13-/m0/s1. The van der Waals surface area contributed by atoms with Crippen LogP contribution in [0.15, 0.2) is 36.4 Å². The van der Waals surface area contributed by atoms with Crippen LogP contribution < -0.4 is 24.6 Å². The summed E-state index contributed by atoms with van der Waals surface area (Å²) in [4.78, 5) is 17.3. The van der Waals surface area contributed by atoms with Crippen LogP contribution >= 0.6 is 11.6 Å². The number of ether oxygens (including phenoxy) is 2. The first kappa shape index (κ1) is 17.8. The topological polar surface area (TPSA) is 54.0 Å². The molecule has 1 saturated heterocycles. The van der Waals surface area contributed by atoms with Crippen molar-refractivity contribution in [3.05, 3.63) is 41.4 Å². The van der Waals surface area contributed by atoms with E-state index < -0.39 is 0 Å². The van der Waals surface area contributed by atoms with E-state index in [0.717, 1.165) is 30.8 Å². The molecular formula is C20H22ClN3O3. The second-order valence-corrected chi connectivity index (χ2v) is 7.11. The fourth-order valence-corrected chi connectivity index (χ4v) is 4.16. The van der Waals surface area contributed by atoms with Gasteiger partial charge in [-0.2, -0.15) is 0 Å². The van der Waals surface area contributed by atoms with E-state index >= 15 is 0 Å². The van der Waals surface area contributed by atoms with Crippen molar-refractivity contribution in [1.82, 2.24) is 0 Å². The number of urea groups is 1. The number of halogens is 1. The lowest BCUT2D eigenvalue weighted by Gasteiger charge is -2.40. The van der Waals surface area contributed by atoms with Crippen LogP contribution in [0.3, 0.4) is 0 Å². The van der Waals surface area contributed by atoms with Crippen molar-refractivity contribution < 1.29 is 14.3 Å². The number of rotatable bonds is 3. The van der Waals surface area contributed by atoms with E-state index in [1.54, 1.807) is 24.1 Å². The molecule has 4 rings (SSSR count). The predicted octanol–water partition coefficient (Wildman–Crippen LogP) is 4.38. The predicted molar refractivity (Wildman–Crippen MR) is 108 cm³/mol. The third kappa shape index (κ3) is 3.14. The number of anilines is 3. The third-order valence-corrected chi connectivity index (χ3v) is 5.51. The van der Waals surface area contributed by atoms with Crippen molar-refractivity contribution in [1.29, 1.82) is 0 Å². The van der Waals surface area contributed by atoms with E-state index in [4.69, 9.17) is 21.1 Å². The summed E-state index contributed by atoms with van der Waals surface area (Å²) in [7, 11) is 3.09. The lowest BCUT2D eigenvalue weighted by Crippen LogP contribution is -2.49. The number of methoxy groups -OCH3 is 2. The van der Waals surface area contributed by atoms with Crippen molar-refractivity contribution >= 4 is 34.7 Å². The van der Waals surface area contributed by atoms with Crippen molar-refractivity contribution in [3.63, 3.8) is 0 Å². The molecule has 1 atom stereocenters. The minimum atomic E-state index is -0.200. The zero-order chi connectivity index (χ0) is 19.0. The number of para-hydroxylation sites is 2. The zero-order valence-corrected chi connectivity index (χ0v) is 16.1. The average Bonchev–Trinajstić information content (AvgIpc) is 3.16. The van der Waals surface area contributed by atoms with Gasteiger partial charge in [-0.05, 0) is 31.0 Å². The number of amides is 2. The molecule has 27 heavy (non-hydrogen) atoms. The maximum atomic E-state index is 13.1. The smallest absolute Gasteiger partial charge is 0.326 e. The maximum absolute atomic E-state index is 13.1. The molecule has 2 aliphatic heterocycles. The third-order valence-electron chi connectivity index (χ3n) is 5.21. The van der Waals surface area contributed by atoms with E-state index in [9.17, 15) is 4.79 Å². The van der Waals surface area contributed by atoms with Crippen LogP contribution in [0.5, 0.6) is 11.5 Å². The normalized spacial score (nSPS) is 18.0. The molecule has 6 nitrogen and oxygen atoms in total. The molecule has 2 amide bonds. The molecule has 1 N–H and O–H groups in total. The number of benzene rings is 2. The Balaban J connectivity index is 1.64. The zero-order valence-electron chi connectivity index (χ0n) is 15.4. The molecule has 2 heterocycles. The molecule has 0 spiro atoms. The van der Waals surface area contributed by atoms with Gasteiger partial charge in [0.1, 0.15) is 11.5 Å². The van der Waals surface area contributed by atoms with Gasteiger partial charge in [-0.25, -0.2) is 4.79 Å². The summed E-state index contributed by atoms with van der Waals surface area (Å²) in [5.74, 6) is 0.994. The van der Waals surface area contributed by atoms with Gasteiger partial charge >= 0.3 is 6.03 Å². The van der Waals surface area contributed by atoms with Crippen molar-refractivity contribution in [2.24, 2.45) is 0 Å². The van der Waals surface area contributed by atoms with E-state index in [1.165, 1.54) is 7.11 Å². The Kier molecular flexibility index (Phi) is 4.74. The van der Waals surface area contributed by atoms with Crippen LogP contribution in [-0.2, 0) is 0 Å². The quantitative estimate of drug-likeness (QED) is 0.849. The largest absolute Gasteiger partial charge is 0.495 e. The van der Waals surface area contributed by atoms with E-state index in [-0.39, 0.29) is 6.03 Å². The van der Waals surface area contributed by atoms with Gasteiger partial charge in [0, 0.05) is 25.2 Å². The van der Waals surface area contributed by atoms with Gasteiger partial charge in [0.25, 0.3) is 0 Å². The number of carbonyl (C=O) groups excluding carboxylic acids is 1. The van der Waals surface area contributed by atoms with Crippen LogP contribution in [0.1, 0.15) is 12.8 Å². The highest BCUT2D eigenvalue weighted by atomic mass is 35.5. The fraction of sp³-hybridized carbons (Fsp3) is 0.350. The number of fused-ring (bicyclic) bond motifs is 3. The fourth-order valence-electron chi connectivity index (χ4n) is 3.92. The Morgan fingerprint density at radius 3 is 2.63 bits per heavy atom. The maximum Gasteiger partial charge on any atom is 0.326 e. The van der Waals surface area contributed by atoms with Crippen LogP contribution in [0.4, 0.5) is 21.9 Å². The Morgan fingerprint density at radius 1 is 1.15 bits per heavy atom. The molecule has 0 bridgehead atoms. The summed E-state index contributed by atoms with van der Waals surface area (Å²) >= 11 is 6.23. The SMILES string of the molecule is COc1cc(OC)c(NC(=O)N2C[C@@H]3CCCN3c3ccccc32)cc1Cl. The Hall–Kier alpha value is -2.60. The molecule has 0 unspecified atom stereocenters. The van der Waals surface area contributed by atoms with Crippen molar-refractivity contribution in [2.75, 3.05) is 42.4 Å². The van der Waals surface area contributed by atoms with Gasteiger partial charge < -0.3 is 19.7 Å². The van der Waals surface area contributed by atoms with Crippen molar-refractivity contribution in [3.8, 4) is 11.5 Å². The molecule has 2 aromatic rings. The molecular weight excluding hydrogens is 366 g/mol. The van der Waals surface area contributed by atoms with Gasteiger partial charge in [0.05, 0.1) is 36.3 Å². The number of hydrogen-bond acceptors (Lipinski definition) is 4. The monoisotopic (exact) mass is 387 g/mol. The summed E-state index contributed by atoms with van der Waals surface area (Å²) in [6.07, 6.45) is 2.24. The first-order chi connectivity index (χ1) is 13.1. The van der Waals surface area contributed by atoms with E-state index in [1.807, 2.05) is 18.2 Å². The van der Waals surface area contributed by atoms with E-state index in [2.05, 4.69) is 16.3 Å².